The Balaban J connectivity index is 0.00000102. The maximum absolute atomic E-state index is 14.6. The number of benzene rings is 1. The third kappa shape index (κ3) is 6.60. The second-order valence-corrected chi connectivity index (χ2v) is 9.92. The molecule has 7 nitrogen and oxygen atoms in total. The second kappa shape index (κ2) is 15.6. The molecule has 0 amide bonds. The summed E-state index contributed by atoms with van der Waals surface area (Å²) in [5.74, 6) is -0.281. The molecule has 39 heavy (non-hydrogen) atoms. The van der Waals surface area contributed by atoms with Crippen LogP contribution in [0.3, 0.4) is 0 Å². The quantitative estimate of drug-likeness (QED) is 0.188. The van der Waals surface area contributed by atoms with Crippen molar-refractivity contribution in [3.05, 3.63) is 69.1 Å². The number of aromatic nitrogens is 2. The van der Waals surface area contributed by atoms with Crippen LogP contribution >= 0.6 is 11.8 Å². The number of ether oxygens (including phenoxy) is 1. The van der Waals surface area contributed by atoms with Crippen LogP contribution in [0.4, 0.5) is 4.39 Å². The summed E-state index contributed by atoms with van der Waals surface area (Å²) in [4.78, 5) is 28.1. The molecule has 1 atom stereocenters. The number of aryl methyl sites for hydroxylation is 2. The Morgan fingerprint density at radius 3 is 2.41 bits per heavy atom. The fourth-order valence-corrected chi connectivity index (χ4v) is 5.63. The molecule has 0 saturated heterocycles. The van der Waals surface area contributed by atoms with Crippen LogP contribution in [0.5, 0.6) is 0 Å². The van der Waals surface area contributed by atoms with Gasteiger partial charge in [-0.15, -0.1) is 11.8 Å². The Labute approximate surface area is 294 Å². The van der Waals surface area contributed by atoms with Crippen molar-refractivity contribution in [2.24, 2.45) is 0 Å². The number of halogens is 1. The summed E-state index contributed by atoms with van der Waals surface area (Å²) < 4.78 is 21.5. The summed E-state index contributed by atoms with van der Waals surface area (Å²) in [6.07, 6.45) is 4.59. The van der Waals surface area contributed by atoms with Gasteiger partial charge in [-0.3, -0.25) is 9.59 Å². The van der Waals surface area contributed by atoms with Crippen LogP contribution < -0.4 is 79.8 Å². The number of rotatable bonds is 5. The predicted octanol–water partition coefficient (Wildman–Crippen LogP) is 1.53. The Morgan fingerprint density at radius 2 is 1.85 bits per heavy atom. The Morgan fingerprint density at radius 1 is 1.23 bits per heavy atom. The fourth-order valence-electron chi connectivity index (χ4n) is 5.13. The molecule has 1 aromatic carbocycles. The van der Waals surface area contributed by atoms with Gasteiger partial charge in [0.1, 0.15) is 5.82 Å². The molecule has 5 rings (SSSR count). The number of aldehydes is 1. The SMILES string of the molecule is CC.CNC.COCc1c(C(O)(C=O)SC)cc2n(c1=O)Cc1c-2nc2cc(F)c(C)c3c2c1CCC3.[CH3-].[Cs+]. The van der Waals surface area contributed by atoms with Gasteiger partial charge in [-0.1, -0.05) is 13.8 Å². The van der Waals surface area contributed by atoms with Crippen LogP contribution in [-0.2, 0) is 40.5 Å². The van der Waals surface area contributed by atoms with Crippen LogP contribution in [0.1, 0.15) is 53.6 Å². The van der Waals surface area contributed by atoms with Crippen molar-refractivity contribution in [1.82, 2.24) is 14.9 Å². The maximum atomic E-state index is 14.6. The first-order valence-corrected chi connectivity index (χ1v) is 13.7. The van der Waals surface area contributed by atoms with E-state index in [1.807, 2.05) is 27.9 Å². The molecule has 1 unspecified atom stereocenters. The van der Waals surface area contributed by atoms with E-state index in [1.165, 1.54) is 13.2 Å². The molecule has 0 fully saturated rings. The fraction of sp³-hybridized carbons (Fsp3) is 0.448. The van der Waals surface area contributed by atoms with E-state index < -0.39 is 4.93 Å². The largest absolute Gasteiger partial charge is 1.00 e. The molecule has 1 aliphatic carbocycles. The summed E-state index contributed by atoms with van der Waals surface area (Å²) in [5, 5.41) is 14.7. The molecule has 10 heteroatoms. The number of nitrogens with one attached hydrogen (secondary N) is 1. The van der Waals surface area contributed by atoms with Gasteiger partial charge >= 0.3 is 68.9 Å². The molecule has 2 aliphatic rings. The Bertz CT molecular complexity index is 1400. The van der Waals surface area contributed by atoms with Crippen molar-refractivity contribution in [2.75, 3.05) is 27.5 Å². The van der Waals surface area contributed by atoms with Crippen LogP contribution in [0.2, 0.25) is 0 Å². The first-order valence-electron chi connectivity index (χ1n) is 12.5. The van der Waals surface area contributed by atoms with E-state index in [2.05, 4.69) is 5.32 Å². The molecule has 0 spiro atoms. The van der Waals surface area contributed by atoms with Crippen molar-refractivity contribution in [1.29, 1.82) is 0 Å². The summed E-state index contributed by atoms with van der Waals surface area (Å²) in [7, 11) is 5.21. The van der Waals surface area contributed by atoms with E-state index >= 15 is 0 Å². The zero-order valence-electron chi connectivity index (χ0n) is 24.6. The number of aliphatic hydroxyl groups is 1. The average molecular weight is 678 g/mol. The van der Waals surface area contributed by atoms with Gasteiger partial charge in [0.2, 0.25) is 0 Å². The second-order valence-electron chi connectivity index (χ2n) is 8.89. The smallest absolute Gasteiger partial charge is 0.380 e. The van der Waals surface area contributed by atoms with Crippen molar-refractivity contribution in [3.8, 4) is 11.4 Å². The van der Waals surface area contributed by atoms with Gasteiger partial charge < -0.3 is 27.2 Å². The molecule has 3 aromatic rings. The number of hydrogen-bond acceptors (Lipinski definition) is 7. The number of pyridine rings is 2. The third-order valence-electron chi connectivity index (χ3n) is 6.77. The monoisotopic (exact) mass is 677 g/mol. The van der Waals surface area contributed by atoms with Crippen molar-refractivity contribution in [3.63, 3.8) is 0 Å². The molecule has 208 valence electrons. The van der Waals surface area contributed by atoms with Gasteiger partial charge in [-0.05, 0) is 69.3 Å². The topological polar surface area (TPSA) is 93.5 Å². The normalized spacial score (nSPS) is 13.8. The van der Waals surface area contributed by atoms with E-state index in [0.29, 0.717) is 35.3 Å². The maximum Gasteiger partial charge on any atom is 1.00 e. The molecule has 1 aliphatic heterocycles. The minimum Gasteiger partial charge on any atom is -0.380 e. The van der Waals surface area contributed by atoms with Crippen LogP contribution in [0.15, 0.2) is 16.9 Å². The molecule has 2 N–H and O–H groups in total. The predicted molar refractivity (Wildman–Crippen MR) is 154 cm³/mol. The van der Waals surface area contributed by atoms with Crippen LogP contribution in [0.25, 0.3) is 22.3 Å². The molecular formula is C29H39CsFN3O4S. The molecule has 2 aromatic heterocycles. The number of carbonyl (C=O) groups is 1. The number of carbonyl (C=O) groups excluding carboxylic acids is 1. The van der Waals surface area contributed by atoms with E-state index in [0.717, 1.165) is 53.1 Å². The average Bonchev–Trinajstić information content (AvgIpc) is 3.29. The van der Waals surface area contributed by atoms with E-state index in [-0.39, 0.29) is 105 Å². The molecule has 0 saturated carbocycles. The van der Waals surface area contributed by atoms with Gasteiger partial charge in [-0.2, -0.15) is 0 Å². The van der Waals surface area contributed by atoms with Crippen molar-refractivity contribution < 1.29 is 87.9 Å². The van der Waals surface area contributed by atoms with Crippen LogP contribution in [-0.4, -0.2) is 48.4 Å². The van der Waals surface area contributed by atoms with Gasteiger partial charge in [-0.25, -0.2) is 9.37 Å². The third-order valence-corrected chi connectivity index (χ3v) is 7.71. The zero-order chi connectivity index (χ0) is 27.5. The first-order chi connectivity index (χ1) is 17.8. The standard InChI is InChI=1S/C24H23FN2O4S.C2H7N.C2H6.CH3.Cs/c1-12-13-5-4-6-14-15-9-27-20(22(15)26-19(21(13)14)8-18(12)25)7-17(24(30,11-28)32-3)16(10-31-2)23(27)29;1-3-2;1-2;;/h7-8,11,30H,4-6,9-10H2,1-3H3;3H,1-2H3;1-2H3;1H3;/q;;;-1;+1. The summed E-state index contributed by atoms with van der Waals surface area (Å²) >= 11 is 0.939. The first kappa shape index (κ1) is 36.5. The van der Waals surface area contributed by atoms with Crippen molar-refractivity contribution >= 4 is 29.0 Å². The van der Waals surface area contributed by atoms with Crippen LogP contribution in [0, 0.1) is 20.2 Å². The van der Waals surface area contributed by atoms with Gasteiger partial charge in [0.15, 0.2) is 11.2 Å². The summed E-state index contributed by atoms with van der Waals surface area (Å²) in [6.45, 7) is 6.13. The molecule has 0 bridgehead atoms. The zero-order valence-corrected chi connectivity index (χ0v) is 31.7. The Kier molecular flexibility index (Phi) is 14.6. The molecule has 0 radical (unpaired) electrons. The van der Waals surface area contributed by atoms with Crippen molar-refractivity contribution in [2.45, 2.75) is 58.1 Å². The minimum absolute atomic E-state index is 0. The van der Waals surface area contributed by atoms with E-state index in [9.17, 15) is 19.1 Å². The summed E-state index contributed by atoms with van der Waals surface area (Å²) in [6, 6.07) is 3.13. The number of hydrogen-bond donors (Lipinski definition) is 2. The number of thioether (sulfide) groups is 1. The van der Waals surface area contributed by atoms with E-state index in [4.69, 9.17) is 9.72 Å². The minimum atomic E-state index is -1.88. The number of fused-ring (bicyclic) bond motifs is 4. The number of methoxy groups -OCH3 is 1. The van der Waals surface area contributed by atoms with E-state index in [1.54, 1.807) is 23.8 Å². The number of nitrogens with zero attached hydrogens (tertiary/aromatic N) is 2. The van der Waals surface area contributed by atoms with Gasteiger partial charge in [0, 0.05) is 29.7 Å². The molecular weight excluding hydrogens is 638 g/mol. The Hall–Kier alpha value is -0.538. The van der Waals surface area contributed by atoms with Gasteiger partial charge in [0.05, 0.1) is 35.6 Å². The molecule has 3 heterocycles. The summed E-state index contributed by atoms with van der Waals surface area (Å²) in [5.41, 5.74) is 5.58. The van der Waals surface area contributed by atoms with Gasteiger partial charge in [0.25, 0.3) is 5.56 Å².